The van der Waals surface area contributed by atoms with Gasteiger partial charge in [0.25, 0.3) is 0 Å². The molecule has 1 spiro atoms. The van der Waals surface area contributed by atoms with Gasteiger partial charge in [-0.3, -0.25) is 4.79 Å². The maximum absolute atomic E-state index is 10.7. The van der Waals surface area contributed by atoms with E-state index in [0.29, 0.717) is 11.0 Å². The first kappa shape index (κ1) is 14.2. The average molecular weight is 273 g/mol. The van der Waals surface area contributed by atoms with E-state index in [9.17, 15) is 4.79 Å². The van der Waals surface area contributed by atoms with E-state index >= 15 is 0 Å². The molecule has 2 fully saturated rings. The number of carboxylic acids is 1. The Morgan fingerprint density at radius 3 is 2.83 bits per heavy atom. The van der Waals surface area contributed by atoms with E-state index in [4.69, 9.17) is 15.6 Å². The Balaban J connectivity index is 1.81. The van der Waals surface area contributed by atoms with Gasteiger partial charge in [0.05, 0.1) is 5.60 Å². The third-order valence-electron chi connectivity index (χ3n) is 4.04. The second kappa shape index (κ2) is 6.26. The molecule has 0 aromatic carbocycles. The molecule has 1 aliphatic heterocycles. The van der Waals surface area contributed by atoms with Gasteiger partial charge < -0.3 is 15.6 Å². The second-order valence-corrected chi connectivity index (χ2v) is 6.82. The number of nitrogens with two attached hydrogens (primary N) is 1. The SMILES string of the molecule is N[C@H](CSC1CCOC2(CCCCC2)C1)C(=O)O. The molecule has 0 aromatic heterocycles. The number of carboxylic acid groups (broad SMARTS) is 1. The van der Waals surface area contributed by atoms with Crippen molar-refractivity contribution in [2.24, 2.45) is 5.73 Å². The molecule has 0 radical (unpaired) electrons. The normalized spacial score (nSPS) is 29.1. The predicted octanol–water partition coefficient (Wildman–Crippen LogP) is 2.01. The van der Waals surface area contributed by atoms with Crippen molar-refractivity contribution in [3.63, 3.8) is 0 Å². The van der Waals surface area contributed by atoms with Gasteiger partial charge >= 0.3 is 5.97 Å². The minimum atomic E-state index is -0.901. The van der Waals surface area contributed by atoms with Gasteiger partial charge in [-0.2, -0.15) is 11.8 Å². The molecule has 104 valence electrons. The fraction of sp³-hybridized carbons (Fsp3) is 0.923. The smallest absolute Gasteiger partial charge is 0.321 e. The highest BCUT2D eigenvalue weighted by molar-refractivity contribution is 8.00. The van der Waals surface area contributed by atoms with Crippen LogP contribution in [0.2, 0.25) is 0 Å². The van der Waals surface area contributed by atoms with Gasteiger partial charge in [-0.15, -0.1) is 0 Å². The standard InChI is InChI=1S/C13H23NO3S/c14-11(12(15)16)9-18-10-4-7-17-13(8-10)5-2-1-3-6-13/h10-11H,1-9,14H2,(H,15,16)/t10?,11-/m1/s1. The summed E-state index contributed by atoms with van der Waals surface area (Å²) in [7, 11) is 0. The fourth-order valence-corrected chi connectivity index (χ4v) is 4.29. The highest BCUT2D eigenvalue weighted by Gasteiger charge is 2.38. The van der Waals surface area contributed by atoms with Crippen LogP contribution in [0.3, 0.4) is 0 Å². The maximum Gasteiger partial charge on any atom is 0.321 e. The monoisotopic (exact) mass is 273 g/mol. The Labute approximate surface area is 113 Å². The highest BCUT2D eigenvalue weighted by Crippen LogP contribution is 2.41. The van der Waals surface area contributed by atoms with Crippen LogP contribution >= 0.6 is 11.8 Å². The summed E-state index contributed by atoms with van der Waals surface area (Å²) in [6.45, 7) is 0.819. The first-order valence-corrected chi connectivity index (χ1v) is 7.90. The van der Waals surface area contributed by atoms with E-state index in [2.05, 4.69) is 0 Å². The van der Waals surface area contributed by atoms with E-state index in [0.717, 1.165) is 19.4 Å². The van der Waals surface area contributed by atoms with Gasteiger partial charge in [-0.25, -0.2) is 0 Å². The Morgan fingerprint density at radius 1 is 1.44 bits per heavy atom. The van der Waals surface area contributed by atoms with Crippen LogP contribution < -0.4 is 5.73 Å². The zero-order valence-electron chi connectivity index (χ0n) is 10.8. The molecule has 18 heavy (non-hydrogen) atoms. The summed E-state index contributed by atoms with van der Waals surface area (Å²) in [6.07, 6.45) is 8.32. The van der Waals surface area contributed by atoms with E-state index in [-0.39, 0.29) is 5.60 Å². The lowest BCUT2D eigenvalue weighted by molar-refractivity contribution is -0.137. The molecular weight excluding hydrogens is 250 g/mol. The lowest BCUT2D eigenvalue weighted by Gasteiger charge is -2.43. The van der Waals surface area contributed by atoms with Gasteiger partial charge in [-0.1, -0.05) is 19.3 Å². The summed E-state index contributed by atoms with van der Waals surface area (Å²) < 4.78 is 6.03. The van der Waals surface area contributed by atoms with E-state index in [1.54, 1.807) is 11.8 Å². The quantitative estimate of drug-likeness (QED) is 0.820. The summed E-state index contributed by atoms with van der Waals surface area (Å²) in [5, 5.41) is 9.31. The molecular formula is C13H23NO3S. The highest BCUT2D eigenvalue weighted by atomic mass is 32.2. The van der Waals surface area contributed by atoms with Crippen LogP contribution in [0, 0.1) is 0 Å². The van der Waals surface area contributed by atoms with Crippen molar-refractivity contribution >= 4 is 17.7 Å². The summed E-state index contributed by atoms with van der Waals surface area (Å²) in [4.78, 5) is 10.7. The molecule has 1 saturated heterocycles. The van der Waals surface area contributed by atoms with Gasteiger partial charge in [0, 0.05) is 17.6 Å². The van der Waals surface area contributed by atoms with Crippen LogP contribution in [0.1, 0.15) is 44.9 Å². The number of aliphatic carboxylic acids is 1. The van der Waals surface area contributed by atoms with Crippen molar-refractivity contribution in [1.82, 2.24) is 0 Å². The van der Waals surface area contributed by atoms with E-state index in [1.807, 2.05) is 0 Å². The molecule has 1 unspecified atom stereocenters. The Bertz CT molecular complexity index is 286. The molecule has 2 atom stereocenters. The van der Waals surface area contributed by atoms with Crippen molar-refractivity contribution in [2.45, 2.75) is 61.8 Å². The summed E-state index contributed by atoms with van der Waals surface area (Å²) >= 11 is 1.72. The lowest BCUT2D eigenvalue weighted by Crippen LogP contribution is -2.43. The van der Waals surface area contributed by atoms with Crippen LogP contribution in [0.5, 0.6) is 0 Å². The minimum Gasteiger partial charge on any atom is -0.480 e. The van der Waals surface area contributed by atoms with Crippen molar-refractivity contribution in [1.29, 1.82) is 0 Å². The van der Waals surface area contributed by atoms with Crippen molar-refractivity contribution in [3.8, 4) is 0 Å². The van der Waals surface area contributed by atoms with E-state index < -0.39 is 12.0 Å². The molecule has 1 heterocycles. The van der Waals surface area contributed by atoms with Gasteiger partial charge in [0.2, 0.25) is 0 Å². The number of ether oxygens (including phenoxy) is 1. The van der Waals surface area contributed by atoms with Crippen LogP contribution in [-0.2, 0) is 9.53 Å². The van der Waals surface area contributed by atoms with Crippen molar-refractivity contribution in [2.75, 3.05) is 12.4 Å². The zero-order valence-corrected chi connectivity index (χ0v) is 11.6. The summed E-state index contributed by atoms with van der Waals surface area (Å²) in [6, 6.07) is -0.736. The number of carbonyl (C=O) groups is 1. The first-order valence-electron chi connectivity index (χ1n) is 6.85. The van der Waals surface area contributed by atoms with Crippen LogP contribution in [0.4, 0.5) is 0 Å². The summed E-state index contributed by atoms with van der Waals surface area (Å²) in [5.41, 5.74) is 5.65. The fourth-order valence-electron chi connectivity index (χ4n) is 2.98. The summed E-state index contributed by atoms with van der Waals surface area (Å²) in [5.74, 6) is -0.391. The number of hydrogen-bond donors (Lipinski definition) is 2. The Hall–Kier alpha value is -0.260. The molecule has 2 aliphatic rings. The molecule has 4 nitrogen and oxygen atoms in total. The predicted molar refractivity (Wildman–Crippen MR) is 72.9 cm³/mol. The third kappa shape index (κ3) is 3.62. The number of hydrogen-bond acceptors (Lipinski definition) is 4. The molecule has 2 rings (SSSR count). The van der Waals surface area contributed by atoms with Crippen molar-refractivity contribution in [3.05, 3.63) is 0 Å². The van der Waals surface area contributed by atoms with Crippen LogP contribution in [-0.4, -0.2) is 40.3 Å². The number of rotatable bonds is 4. The maximum atomic E-state index is 10.7. The van der Waals surface area contributed by atoms with Gasteiger partial charge in [0.15, 0.2) is 0 Å². The third-order valence-corrected chi connectivity index (χ3v) is 5.47. The van der Waals surface area contributed by atoms with Gasteiger partial charge in [-0.05, 0) is 25.7 Å². The first-order chi connectivity index (χ1) is 8.61. The minimum absolute atomic E-state index is 0.0987. The largest absolute Gasteiger partial charge is 0.480 e. The molecule has 0 bridgehead atoms. The molecule has 0 amide bonds. The van der Waals surface area contributed by atoms with Crippen LogP contribution in [0.25, 0.3) is 0 Å². The number of thioether (sulfide) groups is 1. The molecule has 1 aliphatic carbocycles. The second-order valence-electron chi connectivity index (χ2n) is 5.49. The lowest BCUT2D eigenvalue weighted by atomic mass is 9.80. The Kier molecular flexibility index (Phi) is 4.92. The Morgan fingerprint density at radius 2 is 2.17 bits per heavy atom. The molecule has 1 saturated carbocycles. The zero-order chi connectivity index (χ0) is 13.0. The molecule has 0 aromatic rings. The molecule has 3 N–H and O–H groups in total. The van der Waals surface area contributed by atoms with E-state index in [1.165, 1.54) is 32.1 Å². The van der Waals surface area contributed by atoms with Crippen LogP contribution in [0.15, 0.2) is 0 Å². The molecule has 5 heteroatoms. The van der Waals surface area contributed by atoms with Gasteiger partial charge in [0.1, 0.15) is 6.04 Å². The van der Waals surface area contributed by atoms with Crippen molar-refractivity contribution < 1.29 is 14.6 Å². The average Bonchev–Trinajstić information content (AvgIpc) is 2.37. The topological polar surface area (TPSA) is 72.5 Å².